The van der Waals surface area contributed by atoms with Gasteiger partial charge in [-0.25, -0.2) is 0 Å². The highest BCUT2D eigenvalue weighted by Gasteiger charge is 2.11. The van der Waals surface area contributed by atoms with Crippen molar-refractivity contribution in [1.82, 2.24) is 4.90 Å². The molecular formula is C11H25N3O. The highest BCUT2D eigenvalue weighted by atomic mass is 16.5. The quantitative estimate of drug-likeness (QED) is 0.474. The molecule has 0 aliphatic heterocycles. The molecule has 0 aromatic heterocycles. The van der Waals surface area contributed by atoms with Gasteiger partial charge >= 0.3 is 0 Å². The molecule has 0 bridgehead atoms. The van der Waals surface area contributed by atoms with E-state index in [0.717, 1.165) is 19.6 Å². The van der Waals surface area contributed by atoms with E-state index in [4.69, 9.17) is 15.9 Å². The van der Waals surface area contributed by atoms with Gasteiger partial charge in [0, 0.05) is 33.2 Å². The average Bonchev–Trinajstić information content (AvgIpc) is 2.13. The minimum atomic E-state index is 0.232. The molecule has 4 heteroatoms. The van der Waals surface area contributed by atoms with Gasteiger partial charge < -0.3 is 15.4 Å². The summed E-state index contributed by atoms with van der Waals surface area (Å²) in [6.07, 6.45) is 0.874. The number of hydrogen-bond acceptors (Lipinski definition) is 3. The Morgan fingerprint density at radius 2 is 1.93 bits per heavy atom. The highest BCUT2D eigenvalue weighted by molar-refractivity contribution is 5.76. The summed E-state index contributed by atoms with van der Waals surface area (Å²) in [6, 6.07) is 0. The monoisotopic (exact) mass is 215 g/mol. The van der Waals surface area contributed by atoms with E-state index in [0.29, 0.717) is 12.3 Å². The molecule has 0 fully saturated rings. The zero-order chi connectivity index (χ0) is 11.8. The topological polar surface area (TPSA) is 62.3 Å². The molecule has 90 valence electrons. The molecule has 3 N–H and O–H groups in total. The van der Waals surface area contributed by atoms with Crippen molar-refractivity contribution in [3.05, 3.63) is 0 Å². The summed E-state index contributed by atoms with van der Waals surface area (Å²) < 4.78 is 5.24. The summed E-state index contributed by atoms with van der Waals surface area (Å²) >= 11 is 0. The first kappa shape index (κ1) is 14.4. The fraction of sp³-hybridized carbons (Fsp3) is 0.909. The fourth-order valence-electron chi connectivity index (χ4n) is 1.49. The van der Waals surface area contributed by atoms with E-state index in [9.17, 15) is 0 Å². The molecule has 0 rings (SSSR count). The molecule has 1 unspecified atom stereocenters. The summed E-state index contributed by atoms with van der Waals surface area (Å²) in [5, 5.41) is 7.22. The molecule has 0 aromatic rings. The summed E-state index contributed by atoms with van der Waals surface area (Å²) in [5.74, 6) is 0.884. The van der Waals surface area contributed by atoms with E-state index in [1.54, 1.807) is 7.11 Å². The number of rotatable bonds is 8. The van der Waals surface area contributed by atoms with E-state index in [1.165, 1.54) is 0 Å². The number of ether oxygens (including phenoxy) is 1. The Morgan fingerprint density at radius 1 is 1.33 bits per heavy atom. The van der Waals surface area contributed by atoms with Gasteiger partial charge in [0.2, 0.25) is 0 Å². The van der Waals surface area contributed by atoms with Gasteiger partial charge in [0.25, 0.3) is 0 Å². The van der Waals surface area contributed by atoms with Crippen LogP contribution in [0.4, 0.5) is 0 Å². The lowest BCUT2D eigenvalue weighted by molar-refractivity contribution is 0.0737. The second kappa shape index (κ2) is 7.65. The maximum atomic E-state index is 7.22. The van der Waals surface area contributed by atoms with Gasteiger partial charge in [-0.05, 0) is 12.8 Å². The third-order valence-electron chi connectivity index (χ3n) is 2.24. The largest absolute Gasteiger partial charge is 0.388 e. The van der Waals surface area contributed by atoms with Gasteiger partial charge in [-0.2, -0.15) is 0 Å². The first-order chi connectivity index (χ1) is 6.95. The number of nitrogens with two attached hydrogens (primary N) is 1. The normalized spacial score (nSPS) is 13.5. The van der Waals surface area contributed by atoms with Crippen LogP contribution in [0.3, 0.4) is 0 Å². The zero-order valence-electron chi connectivity index (χ0n) is 10.4. The van der Waals surface area contributed by atoms with Crippen LogP contribution >= 0.6 is 0 Å². The minimum absolute atomic E-state index is 0.232. The summed E-state index contributed by atoms with van der Waals surface area (Å²) in [5.41, 5.74) is 5.36. The lowest BCUT2D eigenvalue weighted by atomic mass is 10.2. The van der Waals surface area contributed by atoms with Crippen molar-refractivity contribution in [2.45, 2.75) is 33.3 Å². The van der Waals surface area contributed by atoms with E-state index < -0.39 is 0 Å². The van der Waals surface area contributed by atoms with Crippen LogP contribution < -0.4 is 5.73 Å². The van der Waals surface area contributed by atoms with Gasteiger partial charge in [0.15, 0.2) is 0 Å². The van der Waals surface area contributed by atoms with Crippen molar-refractivity contribution in [2.24, 2.45) is 11.7 Å². The number of hydrogen-bond donors (Lipinski definition) is 2. The molecule has 0 radical (unpaired) electrons. The molecule has 1 atom stereocenters. The Balaban J connectivity index is 3.99. The summed E-state index contributed by atoms with van der Waals surface area (Å²) in [7, 11) is 1.73. The third kappa shape index (κ3) is 8.39. The maximum Gasteiger partial charge on any atom is 0.0918 e. The van der Waals surface area contributed by atoms with E-state index in [2.05, 4.69) is 25.7 Å². The van der Waals surface area contributed by atoms with Crippen molar-refractivity contribution in [3.63, 3.8) is 0 Å². The molecule has 15 heavy (non-hydrogen) atoms. The lowest BCUT2D eigenvalue weighted by Crippen LogP contribution is -2.36. The molecular weight excluding hydrogens is 190 g/mol. The van der Waals surface area contributed by atoms with Gasteiger partial charge in [-0.1, -0.05) is 13.8 Å². The van der Waals surface area contributed by atoms with E-state index in [-0.39, 0.29) is 11.9 Å². The van der Waals surface area contributed by atoms with Gasteiger partial charge in [-0.3, -0.25) is 5.41 Å². The standard InChI is InChI=1S/C11H25N3O/c1-9(2)7-14(6-5-11(12)13)8-10(3)15-4/h9-10H,5-8H2,1-4H3,(H3,12,13). The van der Waals surface area contributed by atoms with Crippen LogP contribution in [-0.4, -0.2) is 43.6 Å². The molecule has 0 spiro atoms. The maximum absolute atomic E-state index is 7.22. The number of amidine groups is 1. The van der Waals surface area contributed by atoms with Crippen molar-refractivity contribution < 1.29 is 4.74 Å². The Bertz CT molecular complexity index is 183. The van der Waals surface area contributed by atoms with Crippen molar-refractivity contribution in [2.75, 3.05) is 26.7 Å². The second-order valence-corrected chi connectivity index (χ2v) is 4.47. The number of methoxy groups -OCH3 is 1. The van der Waals surface area contributed by atoms with Crippen molar-refractivity contribution >= 4 is 5.84 Å². The van der Waals surface area contributed by atoms with Crippen molar-refractivity contribution in [3.8, 4) is 0 Å². The van der Waals surface area contributed by atoms with Crippen LogP contribution in [0.5, 0.6) is 0 Å². The smallest absolute Gasteiger partial charge is 0.0918 e. The summed E-state index contributed by atoms with van der Waals surface area (Å²) in [4.78, 5) is 2.31. The lowest BCUT2D eigenvalue weighted by Gasteiger charge is -2.26. The Kier molecular flexibility index (Phi) is 7.34. The SMILES string of the molecule is COC(C)CN(CCC(=N)N)CC(C)C. The predicted molar refractivity (Wildman–Crippen MR) is 64.3 cm³/mol. The van der Waals surface area contributed by atoms with Crippen LogP contribution in [0.15, 0.2) is 0 Å². The molecule has 4 nitrogen and oxygen atoms in total. The molecule has 0 heterocycles. The van der Waals surface area contributed by atoms with Gasteiger partial charge in [-0.15, -0.1) is 0 Å². The van der Waals surface area contributed by atoms with E-state index >= 15 is 0 Å². The molecule has 0 aliphatic rings. The van der Waals surface area contributed by atoms with Gasteiger partial charge in [0.05, 0.1) is 11.9 Å². The zero-order valence-corrected chi connectivity index (χ0v) is 10.4. The molecule has 0 amide bonds. The predicted octanol–water partition coefficient (Wildman–Crippen LogP) is 1.31. The number of nitrogens with zero attached hydrogens (tertiary/aromatic N) is 1. The van der Waals surface area contributed by atoms with Crippen molar-refractivity contribution in [1.29, 1.82) is 5.41 Å². The van der Waals surface area contributed by atoms with Crippen LogP contribution in [0.1, 0.15) is 27.2 Å². The Morgan fingerprint density at radius 3 is 2.33 bits per heavy atom. The van der Waals surface area contributed by atoms with Gasteiger partial charge in [0.1, 0.15) is 0 Å². The fourth-order valence-corrected chi connectivity index (χ4v) is 1.49. The number of nitrogens with one attached hydrogen (secondary N) is 1. The third-order valence-corrected chi connectivity index (χ3v) is 2.24. The Hall–Kier alpha value is -0.610. The first-order valence-corrected chi connectivity index (χ1v) is 5.53. The molecule has 0 aliphatic carbocycles. The average molecular weight is 215 g/mol. The van der Waals surface area contributed by atoms with E-state index in [1.807, 2.05) is 0 Å². The molecule has 0 aromatic carbocycles. The highest BCUT2D eigenvalue weighted by Crippen LogP contribution is 2.02. The summed E-state index contributed by atoms with van der Waals surface area (Å²) in [6.45, 7) is 9.22. The van der Waals surface area contributed by atoms with Crippen LogP contribution in [0, 0.1) is 11.3 Å². The van der Waals surface area contributed by atoms with Crippen LogP contribution in [0.2, 0.25) is 0 Å². The van der Waals surface area contributed by atoms with Crippen LogP contribution in [0.25, 0.3) is 0 Å². The Labute approximate surface area is 93.3 Å². The second-order valence-electron chi connectivity index (χ2n) is 4.47. The molecule has 0 saturated heterocycles. The van der Waals surface area contributed by atoms with Crippen LogP contribution in [-0.2, 0) is 4.74 Å². The first-order valence-electron chi connectivity index (χ1n) is 5.53. The molecule has 0 saturated carbocycles. The minimum Gasteiger partial charge on any atom is -0.388 e.